The molecule has 0 amide bonds. The second kappa shape index (κ2) is 3.73. The van der Waals surface area contributed by atoms with Gasteiger partial charge < -0.3 is 5.11 Å². The van der Waals surface area contributed by atoms with Crippen LogP contribution in [0.3, 0.4) is 0 Å². The highest BCUT2D eigenvalue weighted by Crippen LogP contribution is 2.50. The molecule has 3 unspecified atom stereocenters. The van der Waals surface area contributed by atoms with E-state index in [0.717, 1.165) is 12.0 Å². The lowest BCUT2D eigenvalue weighted by Gasteiger charge is -2.04. The maximum Gasteiger partial charge on any atom is 0.0546 e. The first-order chi connectivity index (χ1) is 6.58. The van der Waals surface area contributed by atoms with Gasteiger partial charge in [0.05, 0.1) is 6.10 Å². The Labute approximate surface area is 93.7 Å². The molecule has 0 spiro atoms. The molecule has 1 saturated carbocycles. The molecule has 3 atom stereocenters. The third-order valence-corrected chi connectivity index (χ3v) is 3.21. The highest BCUT2D eigenvalue weighted by molar-refractivity contribution is 6.34. The van der Waals surface area contributed by atoms with E-state index in [1.807, 2.05) is 19.1 Å². The van der Waals surface area contributed by atoms with Crippen LogP contribution >= 0.6 is 23.2 Å². The minimum Gasteiger partial charge on any atom is -0.393 e. The van der Waals surface area contributed by atoms with Crippen LogP contribution in [0.25, 0.3) is 0 Å². The molecule has 1 aliphatic carbocycles. The molecule has 0 heterocycles. The van der Waals surface area contributed by atoms with E-state index in [0.29, 0.717) is 21.9 Å². The second-order valence-electron chi connectivity index (χ2n) is 3.95. The van der Waals surface area contributed by atoms with Crippen LogP contribution in [0.4, 0.5) is 0 Å². The fourth-order valence-corrected chi connectivity index (χ4v) is 2.46. The van der Waals surface area contributed by atoms with E-state index in [2.05, 4.69) is 0 Å². The minimum absolute atomic E-state index is 0.238. The van der Waals surface area contributed by atoms with Gasteiger partial charge in [-0.15, -0.1) is 0 Å². The highest BCUT2D eigenvalue weighted by atomic mass is 35.5. The largest absolute Gasteiger partial charge is 0.393 e. The second-order valence-corrected chi connectivity index (χ2v) is 4.82. The summed E-state index contributed by atoms with van der Waals surface area (Å²) in [6, 6.07) is 5.59. The van der Waals surface area contributed by atoms with Gasteiger partial charge in [-0.25, -0.2) is 0 Å². The Kier molecular flexibility index (Phi) is 2.74. The van der Waals surface area contributed by atoms with Crippen molar-refractivity contribution in [1.82, 2.24) is 0 Å². The Morgan fingerprint density at radius 2 is 1.86 bits per heavy atom. The molecule has 0 aromatic heterocycles. The molecular formula is C11H12Cl2O. The van der Waals surface area contributed by atoms with E-state index in [-0.39, 0.29) is 6.10 Å². The van der Waals surface area contributed by atoms with E-state index >= 15 is 0 Å². The Bertz CT molecular complexity index is 329. The predicted molar refractivity (Wildman–Crippen MR) is 59.0 cm³/mol. The summed E-state index contributed by atoms with van der Waals surface area (Å²) in [6.45, 7) is 1.83. The van der Waals surface area contributed by atoms with E-state index in [9.17, 15) is 5.11 Å². The lowest BCUT2D eigenvalue weighted by Crippen LogP contribution is -2.03. The molecular weight excluding hydrogens is 219 g/mol. The van der Waals surface area contributed by atoms with Crippen LogP contribution in [0.1, 0.15) is 24.8 Å². The molecule has 3 heteroatoms. The van der Waals surface area contributed by atoms with E-state index in [1.54, 1.807) is 6.07 Å². The van der Waals surface area contributed by atoms with Crippen LogP contribution in [0.2, 0.25) is 10.0 Å². The maximum atomic E-state index is 9.40. The van der Waals surface area contributed by atoms with Crippen LogP contribution in [0.5, 0.6) is 0 Å². The summed E-state index contributed by atoms with van der Waals surface area (Å²) >= 11 is 11.8. The average molecular weight is 231 g/mol. The van der Waals surface area contributed by atoms with Gasteiger partial charge in [-0.3, -0.25) is 0 Å². The van der Waals surface area contributed by atoms with Gasteiger partial charge in [-0.1, -0.05) is 23.2 Å². The van der Waals surface area contributed by atoms with Crippen molar-refractivity contribution in [2.24, 2.45) is 5.92 Å². The van der Waals surface area contributed by atoms with Crippen molar-refractivity contribution in [3.05, 3.63) is 33.8 Å². The average Bonchev–Trinajstić information content (AvgIpc) is 2.79. The summed E-state index contributed by atoms with van der Waals surface area (Å²) < 4.78 is 0. The van der Waals surface area contributed by atoms with E-state index in [4.69, 9.17) is 23.2 Å². The molecule has 0 saturated heterocycles. The van der Waals surface area contributed by atoms with Crippen LogP contribution in [0, 0.1) is 5.92 Å². The Morgan fingerprint density at radius 3 is 2.29 bits per heavy atom. The van der Waals surface area contributed by atoms with Gasteiger partial charge in [0.1, 0.15) is 0 Å². The highest BCUT2D eigenvalue weighted by Gasteiger charge is 2.41. The van der Waals surface area contributed by atoms with Gasteiger partial charge in [0.15, 0.2) is 0 Å². The minimum atomic E-state index is -0.238. The Hall–Kier alpha value is -0.240. The fourth-order valence-electron chi connectivity index (χ4n) is 1.92. The van der Waals surface area contributed by atoms with Crippen molar-refractivity contribution in [1.29, 1.82) is 0 Å². The molecule has 14 heavy (non-hydrogen) atoms. The van der Waals surface area contributed by atoms with Crippen molar-refractivity contribution in [3.63, 3.8) is 0 Å². The van der Waals surface area contributed by atoms with Gasteiger partial charge in [0.25, 0.3) is 0 Å². The summed E-state index contributed by atoms with van der Waals surface area (Å²) in [5.74, 6) is 0.815. The summed E-state index contributed by atoms with van der Waals surface area (Å²) in [6.07, 6.45) is 0.798. The zero-order valence-corrected chi connectivity index (χ0v) is 9.39. The summed E-state index contributed by atoms with van der Waals surface area (Å²) in [4.78, 5) is 0. The Balaban J connectivity index is 2.19. The molecule has 2 rings (SSSR count). The first-order valence-electron chi connectivity index (χ1n) is 4.72. The summed E-state index contributed by atoms with van der Waals surface area (Å²) in [5.41, 5.74) is 1.15. The van der Waals surface area contributed by atoms with Crippen molar-refractivity contribution in [3.8, 4) is 0 Å². The standard InChI is InChI=1S/C11H12Cl2O/c1-6(14)10-5-11(10)7-2-8(12)4-9(13)3-7/h2-4,6,10-11,14H,5H2,1H3. The van der Waals surface area contributed by atoms with Gasteiger partial charge in [0.2, 0.25) is 0 Å². The molecule has 1 nitrogen and oxygen atoms in total. The maximum absolute atomic E-state index is 9.40. The molecule has 1 aromatic rings. The van der Waals surface area contributed by atoms with Gasteiger partial charge in [-0.2, -0.15) is 0 Å². The lowest BCUT2D eigenvalue weighted by atomic mass is 10.1. The molecule has 0 bridgehead atoms. The first-order valence-corrected chi connectivity index (χ1v) is 5.47. The summed E-state index contributed by atoms with van der Waals surface area (Å²) in [5, 5.41) is 10.7. The third kappa shape index (κ3) is 2.05. The quantitative estimate of drug-likeness (QED) is 0.826. The number of hydrogen-bond donors (Lipinski definition) is 1. The molecule has 1 aliphatic rings. The smallest absolute Gasteiger partial charge is 0.0546 e. The monoisotopic (exact) mass is 230 g/mol. The van der Waals surface area contributed by atoms with Crippen LogP contribution in [-0.2, 0) is 0 Å². The molecule has 0 aliphatic heterocycles. The normalized spacial score (nSPS) is 27.4. The summed E-state index contributed by atoms with van der Waals surface area (Å²) in [7, 11) is 0. The number of hydrogen-bond acceptors (Lipinski definition) is 1. The van der Waals surface area contributed by atoms with Crippen molar-refractivity contribution in [2.45, 2.75) is 25.4 Å². The number of benzene rings is 1. The number of aliphatic hydroxyl groups is 1. The van der Waals surface area contributed by atoms with Crippen molar-refractivity contribution < 1.29 is 5.11 Å². The van der Waals surface area contributed by atoms with Gasteiger partial charge in [-0.05, 0) is 48.9 Å². The molecule has 1 N–H and O–H groups in total. The molecule has 1 fully saturated rings. The Morgan fingerprint density at radius 1 is 1.29 bits per heavy atom. The molecule has 1 aromatic carbocycles. The third-order valence-electron chi connectivity index (χ3n) is 2.77. The number of aliphatic hydroxyl groups excluding tert-OH is 1. The topological polar surface area (TPSA) is 20.2 Å². The van der Waals surface area contributed by atoms with Crippen LogP contribution < -0.4 is 0 Å². The van der Waals surface area contributed by atoms with Crippen molar-refractivity contribution >= 4 is 23.2 Å². The van der Waals surface area contributed by atoms with Crippen LogP contribution in [-0.4, -0.2) is 11.2 Å². The predicted octanol–water partition coefficient (Wildman–Crippen LogP) is 3.48. The first kappa shape index (κ1) is 10.3. The van der Waals surface area contributed by atoms with Gasteiger partial charge >= 0.3 is 0 Å². The van der Waals surface area contributed by atoms with Gasteiger partial charge in [0, 0.05) is 10.0 Å². The zero-order chi connectivity index (χ0) is 10.3. The lowest BCUT2D eigenvalue weighted by molar-refractivity contribution is 0.169. The van der Waals surface area contributed by atoms with Crippen LogP contribution in [0.15, 0.2) is 18.2 Å². The zero-order valence-electron chi connectivity index (χ0n) is 7.87. The van der Waals surface area contributed by atoms with E-state index in [1.165, 1.54) is 0 Å². The molecule has 0 radical (unpaired) electrons. The number of halogens is 2. The number of rotatable bonds is 2. The SMILES string of the molecule is CC(O)C1CC1c1cc(Cl)cc(Cl)c1. The molecule has 76 valence electrons. The van der Waals surface area contributed by atoms with Crippen molar-refractivity contribution in [2.75, 3.05) is 0 Å². The van der Waals surface area contributed by atoms with E-state index < -0.39 is 0 Å². The fraction of sp³-hybridized carbons (Fsp3) is 0.455.